The third kappa shape index (κ3) is 3.96. The maximum absolute atomic E-state index is 3.79. The Kier molecular flexibility index (Phi) is 5.88. The lowest BCUT2D eigenvalue weighted by atomic mass is 9.92. The third-order valence-electron chi connectivity index (χ3n) is 5.42. The molecule has 4 atom stereocenters. The maximum atomic E-state index is 3.79. The number of hydrogen-bond acceptors (Lipinski definition) is 3. The molecule has 2 rings (SSSR count). The zero-order chi connectivity index (χ0) is 14.7. The number of hydrogen-bond donors (Lipinski definition) is 1. The van der Waals surface area contributed by atoms with Gasteiger partial charge in [0.25, 0.3) is 0 Å². The molecule has 0 bridgehead atoms. The van der Waals surface area contributed by atoms with E-state index >= 15 is 0 Å². The molecule has 0 saturated carbocycles. The summed E-state index contributed by atoms with van der Waals surface area (Å²) in [4.78, 5) is 5.37. The highest BCUT2D eigenvalue weighted by molar-refractivity contribution is 4.92. The number of piperidine rings is 1. The Morgan fingerprint density at radius 3 is 2.65 bits per heavy atom. The van der Waals surface area contributed by atoms with Crippen LogP contribution in [0.25, 0.3) is 0 Å². The van der Waals surface area contributed by atoms with Crippen LogP contribution in [0.15, 0.2) is 0 Å². The van der Waals surface area contributed by atoms with Crippen molar-refractivity contribution in [1.82, 2.24) is 15.1 Å². The van der Waals surface area contributed by atoms with E-state index in [9.17, 15) is 0 Å². The van der Waals surface area contributed by atoms with Crippen LogP contribution >= 0.6 is 0 Å². The first-order chi connectivity index (χ1) is 9.51. The molecule has 0 aliphatic carbocycles. The molecule has 0 spiro atoms. The minimum absolute atomic E-state index is 0.702. The van der Waals surface area contributed by atoms with E-state index in [1.165, 1.54) is 45.3 Å². The molecule has 0 aromatic heterocycles. The molecule has 0 aromatic carbocycles. The topological polar surface area (TPSA) is 18.5 Å². The number of piperazine rings is 1. The van der Waals surface area contributed by atoms with Gasteiger partial charge in [0, 0.05) is 37.3 Å². The van der Waals surface area contributed by atoms with Crippen molar-refractivity contribution in [3.63, 3.8) is 0 Å². The number of nitrogens with one attached hydrogen (secondary N) is 1. The van der Waals surface area contributed by atoms with E-state index in [0.717, 1.165) is 24.0 Å². The average molecular weight is 281 g/mol. The van der Waals surface area contributed by atoms with Crippen molar-refractivity contribution in [2.45, 2.75) is 77.5 Å². The predicted octanol–water partition coefficient (Wildman–Crippen LogP) is 2.57. The molecule has 3 nitrogen and oxygen atoms in total. The molecule has 118 valence electrons. The molecule has 0 aromatic rings. The Bertz CT molecular complexity index is 292. The van der Waals surface area contributed by atoms with Crippen molar-refractivity contribution >= 4 is 0 Å². The van der Waals surface area contributed by atoms with Gasteiger partial charge in [0.2, 0.25) is 0 Å². The highest BCUT2D eigenvalue weighted by Crippen LogP contribution is 2.26. The lowest BCUT2D eigenvalue weighted by Crippen LogP contribution is -2.61. The van der Waals surface area contributed by atoms with Gasteiger partial charge in [-0.2, -0.15) is 0 Å². The molecule has 1 N–H and O–H groups in total. The largest absolute Gasteiger partial charge is 0.311 e. The Morgan fingerprint density at radius 2 is 2.05 bits per heavy atom. The first-order valence-corrected chi connectivity index (χ1v) is 8.70. The number of rotatable bonds is 4. The zero-order valence-electron chi connectivity index (χ0n) is 14.2. The predicted molar refractivity (Wildman–Crippen MR) is 87.1 cm³/mol. The van der Waals surface area contributed by atoms with Crippen LogP contribution in [0.1, 0.15) is 53.4 Å². The summed E-state index contributed by atoms with van der Waals surface area (Å²) in [6, 6.07) is 3.00. The second-order valence-electron chi connectivity index (χ2n) is 7.50. The minimum Gasteiger partial charge on any atom is -0.311 e. The van der Waals surface area contributed by atoms with Crippen molar-refractivity contribution in [3.05, 3.63) is 0 Å². The molecular formula is C17H35N3. The van der Waals surface area contributed by atoms with Crippen LogP contribution in [-0.4, -0.2) is 60.6 Å². The van der Waals surface area contributed by atoms with Crippen molar-refractivity contribution in [1.29, 1.82) is 0 Å². The first kappa shape index (κ1) is 16.3. The molecule has 2 saturated heterocycles. The Hall–Kier alpha value is -0.120. The van der Waals surface area contributed by atoms with Crippen LogP contribution in [0.3, 0.4) is 0 Å². The van der Waals surface area contributed by atoms with Gasteiger partial charge < -0.3 is 10.2 Å². The fourth-order valence-electron chi connectivity index (χ4n) is 4.01. The van der Waals surface area contributed by atoms with Gasteiger partial charge >= 0.3 is 0 Å². The second kappa shape index (κ2) is 7.24. The summed E-state index contributed by atoms with van der Waals surface area (Å²) >= 11 is 0. The van der Waals surface area contributed by atoms with E-state index < -0.39 is 0 Å². The van der Waals surface area contributed by atoms with Crippen LogP contribution in [0, 0.1) is 5.92 Å². The van der Waals surface area contributed by atoms with Gasteiger partial charge in [0.1, 0.15) is 0 Å². The van der Waals surface area contributed by atoms with Crippen LogP contribution in [0.5, 0.6) is 0 Å². The van der Waals surface area contributed by atoms with Crippen molar-refractivity contribution in [3.8, 4) is 0 Å². The quantitative estimate of drug-likeness (QED) is 0.854. The van der Waals surface area contributed by atoms with Gasteiger partial charge in [-0.05, 0) is 52.1 Å². The van der Waals surface area contributed by atoms with Gasteiger partial charge in [0.15, 0.2) is 0 Å². The van der Waals surface area contributed by atoms with Crippen LogP contribution in [0.4, 0.5) is 0 Å². The third-order valence-corrected chi connectivity index (χ3v) is 5.42. The molecule has 2 aliphatic rings. The molecule has 20 heavy (non-hydrogen) atoms. The summed E-state index contributed by atoms with van der Waals surface area (Å²) in [5.41, 5.74) is 0. The summed E-state index contributed by atoms with van der Waals surface area (Å²) in [6.07, 6.45) is 5.30. The van der Waals surface area contributed by atoms with Crippen LogP contribution < -0.4 is 5.32 Å². The van der Waals surface area contributed by atoms with E-state index in [2.05, 4.69) is 49.9 Å². The SMILES string of the molecule is CCC1CNC(CC(C)C)CN1C1CCN(C)C(C)C1. The molecule has 4 unspecified atom stereocenters. The summed E-state index contributed by atoms with van der Waals surface area (Å²) in [5, 5.41) is 3.79. The lowest BCUT2D eigenvalue weighted by molar-refractivity contribution is 0.0264. The molecular weight excluding hydrogens is 246 g/mol. The summed E-state index contributed by atoms with van der Waals surface area (Å²) in [7, 11) is 2.28. The van der Waals surface area contributed by atoms with Gasteiger partial charge in [-0.3, -0.25) is 4.90 Å². The molecule has 3 heteroatoms. The standard InChI is InChI=1S/C17H35N3/c1-6-16-11-18-15(9-13(2)3)12-20(16)17-7-8-19(5)14(4)10-17/h13-18H,6-12H2,1-5H3. The Balaban J connectivity index is 1.98. The van der Waals surface area contributed by atoms with E-state index in [4.69, 9.17) is 0 Å². The normalized spacial score (nSPS) is 37.5. The van der Waals surface area contributed by atoms with Crippen LogP contribution in [-0.2, 0) is 0 Å². The maximum Gasteiger partial charge on any atom is 0.0221 e. The van der Waals surface area contributed by atoms with Gasteiger partial charge in [-0.25, -0.2) is 0 Å². The monoisotopic (exact) mass is 281 g/mol. The minimum atomic E-state index is 0.702. The fourth-order valence-corrected chi connectivity index (χ4v) is 4.01. The summed E-state index contributed by atoms with van der Waals surface area (Å²) < 4.78 is 0. The van der Waals surface area contributed by atoms with Crippen LogP contribution in [0.2, 0.25) is 0 Å². The van der Waals surface area contributed by atoms with Crippen molar-refractivity contribution in [2.75, 3.05) is 26.7 Å². The lowest BCUT2D eigenvalue weighted by Gasteiger charge is -2.48. The average Bonchev–Trinajstić information content (AvgIpc) is 2.41. The number of nitrogens with zero attached hydrogens (tertiary/aromatic N) is 2. The van der Waals surface area contributed by atoms with E-state index in [1.54, 1.807) is 0 Å². The van der Waals surface area contributed by atoms with Gasteiger partial charge in [-0.1, -0.05) is 20.8 Å². The molecule has 2 aliphatic heterocycles. The highest BCUT2D eigenvalue weighted by atomic mass is 15.3. The zero-order valence-corrected chi connectivity index (χ0v) is 14.2. The molecule has 2 fully saturated rings. The summed E-state index contributed by atoms with van der Waals surface area (Å²) in [5.74, 6) is 0.795. The molecule has 0 amide bonds. The van der Waals surface area contributed by atoms with Gasteiger partial charge in [-0.15, -0.1) is 0 Å². The van der Waals surface area contributed by atoms with Gasteiger partial charge in [0.05, 0.1) is 0 Å². The van der Waals surface area contributed by atoms with E-state index in [-0.39, 0.29) is 0 Å². The molecule has 0 radical (unpaired) electrons. The Labute approximate surface area is 126 Å². The van der Waals surface area contributed by atoms with Crippen molar-refractivity contribution < 1.29 is 0 Å². The van der Waals surface area contributed by atoms with E-state index in [1.807, 2.05) is 0 Å². The number of likely N-dealkylation sites (tertiary alicyclic amines) is 1. The smallest absolute Gasteiger partial charge is 0.0221 e. The fraction of sp³-hybridized carbons (Fsp3) is 1.00. The second-order valence-corrected chi connectivity index (χ2v) is 7.50. The Morgan fingerprint density at radius 1 is 1.30 bits per heavy atom. The first-order valence-electron chi connectivity index (χ1n) is 8.70. The van der Waals surface area contributed by atoms with Crippen molar-refractivity contribution in [2.24, 2.45) is 5.92 Å². The molecule has 2 heterocycles. The summed E-state index contributed by atoms with van der Waals surface area (Å²) in [6.45, 7) is 13.1. The highest BCUT2D eigenvalue weighted by Gasteiger charge is 2.35. The van der Waals surface area contributed by atoms with E-state index in [0.29, 0.717) is 6.04 Å².